The molecule has 3 aromatic rings. The van der Waals surface area contributed by atoms with Crippen molar-refractivity contribution in [1.29, 1.82) is 0 Å². The first-order chi connectivity index (χ1) is 19.3. The van der Waals surface area contributed by atoms with E-state index >= 15 is 0 Å². The van der Waals surface area contributed by atoms with Gasteiger partial charge in [0.05, 0.1) is 28.9 Å². The number of nitrogens with one attached hydrogen (secondary N) is 2. The highest BCUT2D eigenvalue weighted by Crippen LogP contribution is 2.34. The van der Waals surface area contributed by atoms with Crippen LogP contribution in [0.25, 0.3) is 0 Å². The minimum Gasteiger partial charge on any atom is -0.375 e. The molecular formula is C28H29F3N6O4. The monoisotopic (exact) mass is 570 g/mol. The van der Waals surface area contributed by atoms with Crippen molar-refractivity contribution in [1.82, 2.24) is 14.5 Å². The average Bonchev–Trinajstić information content (AvgIpc) is 3.24. The summed E-state index contributed by atoms with van der Waals surface area (Å²) in [6, 6.07) is 10.1. The lowest BCUT2D eigenvalue weighted by atomic mass is 10.1. The Morgan fingerprint density at radius 1 is 1.12 bits per heavy atom. The van der Waals surface area contributed by atoms with Crippen molar-refractivity contribution in [3.63, 3.8) is 0 Å². The number of fused-ring (bicyclic) bond motifs is 1. The summed E-state index contributed by atoms with van der Waals surface area (Å²) < 4.78 is 40.8. The fraction of sp³-hybridized carbons (Fsp3) is 0.321. The van der Waals surface area contributed by atoms with E-state index in [1.54, 1.807) is 45.3 Å². The Morgan fingerprint density at radius 2 is 1.83 bits per heavy atom. The van der Waals surface area contributed by atoms with Gasteiger partial charge in [-0.2, -0.15) is 13.2 Å². The lowest BCUT2D eigenvalue weighted by molar-refractivity contribution is -0.137. The van der Waals surface area contributed by atoms with Gasteiger partial charge in [-0.3, -0.25) is 23.7 Å². The van der Waals surface area contributed by atoms with E-state index in [0.29, 0.717) is 0 Å². The van der Waals surface area contributed by atoms with Gasteiger partial charge >= 0.3 is 6.18 Å². The SMILES string of the molecule is CC1CC(C(N)=O)n2c1nc(CC(=O)Nc1ccccc1C(=O)N(C)C)c(NCc1cccc(C(F)(F)F)c1)c2=O. The number of alkyl halides is 3. The fourth-order valence-electron chi connectivity index (χ4n) is 4.75. The molecule has 2 heterocycles. The number of nitrogens with zero attached hydrogens (tertiary/aromatic N) is 3. The predicted molar refractivity (Wildman–Crippen MR) is 145 cm³/mol. The third-order valence-electron chi connectivity index (χ3n) is 6.76. The summed E-state index contributed by atoms with van der Waals surface area (Å²) in [7, 11) is 3.15. The molecule has 0 spiro atoms. The number of para-hydroxylation sites is 1. The maximum atomic E-state index is 13.6. The number of carbonyl (C=O) groups excluding carboxylic acids is 3. The zero-order valence-corrected chi connectivity index (χ0v) is 22.6. The van der Waals surface area contributed by atoms with E-state index < -0.39 is 41.6 Å². The van der Waals surface area contributed by atoms with Crippen LogP contribution in [0.1, 0.15) is 58.3 Å². The maximum absolute atomic E-state index is 13.6. The number of nitrogens with two attached hydrogens (primary N) is 1. The molecule has 4 N–H and O–H groups in total. The van der Waals surface area contributed by atoms with Crippen molar-refractivity contribution in [3.8, 4) is 0 Å². The van der Waals surface area contributed by atoms with Gasteiger partial charge in [-0.25, -0.2) is 4.98 Å². The van der Waals surface area contributed by atoms with Gasteiger partial charge in [0.25, 0.3) is 11.5 Å². The standard InChI is InChI=1S/C28H29F3N6O4/c1-15-11-21(24(32)39)37-25(15)35-20(13-22(38)34-19-10-5-4-9-18(19)26(40)36(2)3)23(27(37)41)33-14-16-7-6-8-17(12-16)28(29,30)31/h4-10,12,15,21,33H,11,13-14H2,1-3H3,(H2,32,39)(H,34,38). The van der Waals surface area contributed by atoms with Gasteiger partial charge < -0.3 is 21.3 Å². The second kappa shape index (κ2) is 11.4. The summed E-state index contributed by atoms with van der Waals surface area (Å²) in [5.41, 5.74) is 4.66. The van der Waals surface area contributed by atoms with Crippen LogP contribution in [0.2, 0.25) is 0 Å². The van der Waals surface area contributed by atoms with Crippen molar-refractivity contribution in [2.45, 2.75) is 44.4 Å². The highest BCUT2D eigenvalue weighted by Gasteiger charge is 2.36. The van der Waals surface area contributed by atoms with Crippen LogP contribution in [-0.2, 0) is 28.7 Å². The quantitative estimate of drug-likeness (QED) is 0.380. The minimum atomic E-state index is -4.55. The maximum Gasteiger partial charge on any atom is 0.416 e. The van der Waals surface area contributed by atoms with Crippen LogP contribution in [-0.4, -0.2) is 46.3 Å². The van der Waals surface area contributed by atoms with Crippen molar-refractivity contribution < 1.29 is 27.6 Å². The lowest BCUT2D eigenvalue weighted by Crippen LogP contribution is -2.35. The predicted octanol–water partition coefficient (Wildman–Crippen LogP) is 3.29. The molecule has 3 amide bonds. The Morgan fingerprint density at radius 3 is 2.49 bits per heavy atom. The highest BCUT2D eigenvalue weighted by molar-refractivity contribution is 6.04. The van der Waals surface area contributed by atoms with Crippen LogP contribution in [0.4, 0.5) is 24.5 Å². The van der Waals surface area contributed by atoms with Gasteiger partial charge in [-0.05, 0) is 36.2 Å². The van der Waals surface area contributed by atoms with Crippen LogP contribution in [0.15, 0.2) is 53.3 Å². The molecule has 0 aliphatic carbocycles. The molecule has 13 heteroatoms. The first kappa shape index (κ1) is 29.3. The van der Waals surface area contributed by atoms with Gasteiger partial charge in [0.1, 0.15) is 17.6 Å². The molecule has 1 aliphatic heterocycles. The number of hydrogen-bond acceptors (Lipinski definition) is 6. The molecule has 216 valence electrons. The van der Waals surface area contributed by atoms with Gasteiger partial charge in [-0.1, -0.05) is 31.2 Å². The summed E-state index contributed by atoms with van der Waals surface area (Å²) in [4.78, 5) is 57.4. The largest absolute Gasteiger partial charge is 0.416 e. The van der Waals surface area contributed by atoms with E-state index in [-0.39, 0.29) is 58.8 Å². The average molecular weight is 571 g/mol. The van der Waals surface area contributed by atoms with Gasteiger partial charge in [0, 0.05) is 26.6 Å². The third kappa shape index (κ3) is 6.23. The van der Waals surface area contributed by atoms with Gasteiger partial charge in [0.15, 0.2) is 0 Å². The first-order valence-electron chi connectivity index (χ1n) is 12.7. The summed E-state index contributed by atoms with van der Waals surface area (Å²) in [5, 5.41) is 5.52. The van der Waals surface area contributed by atoms with E-state index in [1.807, 2.05) is 0 Å². The number of rotatable bonds is 8. The number of amides is 3. The summed E-state index contributed by atoms with van der Waals surface area (Å²) in [5.74, 6) is -1.69. The first-order valence-corrected chi connectivity index (χ1v) is 12.7. The van der Waals surface area contributed by atoms with Crippen LogP contribution < -0.4 is 21.9 Å². The zero-order valence-electron chi connectivity index (χ0n) is 22.6. The second-order valence-corrected chi connectivity index (χ2v) is 10.0. The Bertz CT molecular complexity index is 1570. The molecule has 4 rings (SSSR count). The molecule has 2 unspecified atom stereocenters. The van der Waals surface area contributed by atoms with E-state index in [1.165, 1.54) is 21.6 Å². The van der Waals surface area contributed by atoms with Gasteiger partial charge in [-0.15, -0.1) is 0 Å². The molecule has 41 heavy (non-hydrogen) atoms. The van der Waals surface area contributed by atoms with E-state index in [9.17, 15) is 32.3 Å². The second-order valence-electron chi connectivity index (χ2n) is 10.0. The molecule has 0 radical (unpaired) electrons. The number of carbonyl (C=O) groups is 3. The summed E-state index contributed by atoms with van der Waals surface area (Å²) >= 11 is 0. The summed E-state index contributed by atoms with van der Waals surface area (Å²) in [6.07, 6.45) is -4.71. The molecule has 0 fully saturated rings. The molecule has 0 bridgehead atoms. The van der Waals surface area contributed by atoms with Crippen molar-refractivity contribution in [3.05, 3.63) is 87.1 Å². The smallest absolute Gasteiger partial charge is 0.375 e. The number of halogens is 3. The van der Waals surface area contributed by atoms with Crippen LogP contribution in [0, 0.1) is 0 Å². The van der Waals surface area contributed by atoms with Crippen molar-refractivity contribution in [2.75, 3.05) is 24.7 Å². The van der Waals surface area contributed by atoms with Gasteiger partial charge in [0.2, 0.25) is 11.8 Å². The molecule has 2 atom stereocenters. The highest BCUT2D eigenvalue weighted by atomic mass is 19.4. The normalized spacial score (nSPS) is 16.1. The Balaban J connectivity index is 1.70. The van der Waals surface area contributed by atoms with Crippen molar-refractivity contribution in [2.24, 2.45) is 5.73 Å². The number of benzene rings is 2. The van der Waals surface area contributed by atoms with E-state index in [0.717, 1.165) is 12.1 Å². The molecule has 10 nitrogen and oxygen atoms in total. The van der Waals surface area contributed by atoms with Crippen LogP contribution in [0.3, 0.4) is 0 Å². The van der Waals surface area contributed by atoms with Crippen molar-refractivity contribution >= 4 is 29.1 Å². The topological polar surface area (TPSA) is 139 Å². The van der Waals surface area contributed by atoms with E-state index in [2.05, 4.69) is 15.6 Å². The third-order valence-corrected chi connectivity index (χ3v) is 6.76. The Labute approximate surface area is 233 Å². The zero-order chi connectivity index (χ0) is 30.1. The molecule has 0 saturated carbocycles. The Kier molecular flexibility index (Phi) is 8.17. The Hall–Kier alpha value is -4.68. The number of aromatic nitrogens is 2. The van der Waals surface area contributed by atoms with Crippen LogP contribution in [0.5, 0.6) is 0 Å². The number of primary amides is 1. The van der Waals surface area contributed by atoms with Crippen LogP contribution >= 0.6 is 0 Å². The lowest BCUT2D eigenvalue weighted by Gasteiger charge is -2.18. The van der Waals surface area contributed by atoms with E-state index in [4.69, 9.17) is 5.73 Å². The fourth-order valence-corrected chi connectivity index (χ4v) is 4.75. The molecule has 2 aromatic carbocycles. The molecular weight excluding hydrogens is 541 g/mol. The molecule has 0 saturated heterocycles. The molecule has 1 aromatic heterocycles. The minimum absolute atomic E-state index is 0.0408. The summed E-state index contributed by atoms with van der Waals surface area (Å²) in [6.45, 7) is 1.58. The number of hydrogen-bond donors (Lipinski definition) is 3. The number of anilines is 2. The molecule has 1 aliphatic rings.